The third-order valence-corrected chi connectivity index (χ3v) is 5.39. The number of anilines is 1. The lowest BCUT2D eigenvalue weighted by molar-refractivity contribution is -0.119. The molecule has 1 aromatic rings. The predicted molar refractivity (Wildman–Crippen MR) is 100 cm³/mol. The second kappa shape index (κ2) is 9.71. The van der Waals surface area contributed by atoms with Crippen LogP contribution < -0.4 is 10.6 Å². The summed E-state index contributed by atoms with van der Waals surface area (Å²) in [6.45, 7) is 6.65. The van der Waals surface area contributed by atoms with Crippen molar-refractivity contribution in [3.8, 4) is 0 Å². The maximum absolute atomic E-state index is 12.7. The van der Waals surface area contributed by atoms with Gasteiger partial charge in [-0.15, -0.1) is 0 Å². The molecule has 0 atom stereocenters. The van der Waals surface area contributed by atoms with Gasteiger partial charge in [-0.25, -0.2) is 8.42 Å². The Balaban J connectivity index is 2.85. The summed E-state index contributed by atoms with van der Waals surface area (Å²) in [7, 11) is -3.49. The number of carbonyl (C=O) groups is 1. The summed E-state index contributed by atoms with van der Waals surface area (Å²) in [6.07, 6.45) is 1.87. The minimum absolute atomic E-state index is 0.179. The summed E-state index contributed by atoms with van der Waals surface area (Å²) in [6, 6.07) is 6.35. The van der Waals surface area contributed by atoms with Gasteiger partial charge in [-0.1, -0.05) is 20.8 Å². The zero-order chi connectivity index (χ0) is 18.2. The van der Waals surface area contributed by atoms with Crippen LogP contribution in [-0.4, -0.2) is 36.8 Å². The molecule has 0 spiro atoms. The first-order chi connectivity index (χ1) is 11.3. The number of thiocarbonyl (C=S) groups is 1. The molecule has 0 fully saturated rings. The van der Waals surface area contributed by atoms with Crippen molar-refractivity contribution in [2.75, 3.05) is 18.4 Å². The van der Waals surface area contributed by atoms with Crippen molar-refractivity contribution in [2.24, 2.45) is 0 Å². The summed E-state index contributed by atoms with van der Waals surface area (Å²) >= 11 is 5.03. The van der Waals surface area contributed by atoms with Crippen molar-refractivity contribution in [3.63, 3.8) is 0 Å². The Labute approximate surface area is 149 Å². The molecule has 0 saturated heterocycles. The fraction of sp³-hybridized carbons (Fsp3) is 0.500. The minimum Gasteiger partial charge on any atom is -0.332 e. The second-order valence-corrected chi connectivity index (χ2v) is 7.63. The Morgan fingerprint density at radius 1 is 1.08 bits per heavy atom. The van der Waals surface area contributed by atoms with Crippen LogP contribution in [0, 0.1) is 0 Å². The van der Waals surface area contributed by atoms with Crippen LogP contribution >= 0.6 is 12.2 Å². The van der Waals surface area contributed by atoms with Gasteiger partial charge in [-0.2, -0.15) is 4.31 Å². The average Bonchev–Trinajstić information content (AvgIpc) is 2.54. The van der Waals surface area contributed by atoms with E-state index >= 15 is 0 Å². The van der Waals surface area contributed by atoms with Gasteiger partial charge in [0, 0.05) is 25.2 Å². The molecule has 0 aliphatic heterocycles. The monoisotopic (exact) mass is 371 g/mol. The molecule has 134 valence electrons. The van der Waals surface area contributed by atoms with Crippen molar-refractivity contribution < 1.29 is 13.2 Å². The van der Waals surface area contributed by atoms with Crippen LogP contribution in [0.3, 0.4) is 0 Å². The van der Waals surface area contributed by atoms with Crippen LogP contribution in [0.15, 0.2) is 29.2 Å². The molecule has 24 heavy (non-hydrogen) atoms. The summed E-state index contributed by atoms with van der Waals surface area (Å²) in [5, 5.41) is 5.58. The highest BCUT2D eigenvalue weighted by Crippen LogP contribution is 2.19. The first-order valence-corrected chi connectivity index (χ1v) is 9.91. The fourth-order valence-electron chi connectivity index (χ4n) is 2.09. The summed E-state index contributed by atoms with van der Waals surface area (Å²) < 4.78 is 26.8. The third kappa shape index (κ3) is 5.85. The number of nitrogens with zero attached hydrogens (tertiary/aromatic N) is 1. The Kier molecular flexibility index (Phi) is 8.30. The van der Waals surface area contributed by atoms with Gasteiger partial charge in [-0.05, 0) is 49.3 Å². The molecule has 1 amide bonds. The van der Waals surface area contributed by atoms with Gasteiger partial charge in [0.2, 0.25) is 15.9 Å². The first-order valence-electron chi connectivity index (χ1n) is 8.06. The van der Waals surface area contributed by atoms with Crippen LogP contribution in [-0.2, 0) is 14.8 Å². The van der Waals surface area contributed by atoms with Gasteiger partial charge in [0.05, 0.1) is 4.90 Å². The number of hydrogen-bond donors (Lipinski definition) is 2. The van der Waals surface area contributed by atoms with Crippen LogP contribution in [0.1, 0.15) is 40.0 Å². The zero-order valence-corrected chi connectivity index (χ0v) is 16.0. The van der Waals surface area contributed by atoms with E-state index in [2.05, 4.69) is 10.6 Å². The third-order valence-electron chi connectivity index (χ3n) is 3.27. The molecule has 0 saturated carbocycles. The predicted octanol–water partition coefficient (Wildman–Crippen LogP) is 2.72. The van der Waals surface area contributed by atoms with E-state index in [1.54, 1.807) is 31.2 Å². The molecule has 1 rings (SSSR count). The maximum atomic E-state index is 12.7. The lowest BCUT2D eigenvalue weighted by atomic mass is 10.3. The van der Waals surface area contributed by atoms with E-state index in [0.29, 0.717) is 25.2 Å². The first kappa shape index (κ1) is 20.5. The summed E-state index contributed by atoms with van der Waals surface area (Å²) in [4.78, 5) is 11.5. The summed E-state index contributed by atoms with van der Waals surface area (Å²) in [5.41, 5.74) is 0.618. The van der Waals surface area contributed by atoms with E-state index in [1.165, 1.54) is 4.31 Å². The smallest absolute Gasteiger partial charge is 0.243 e. The van der Waals surface area contributed by atoms with Gasteiger partial charge in [0.1, 0.15) is 0 Å². The molecular weight excluding hydrogens is 346 g/mol. The van der Waals surface area contributed by atoms with Gasteiger partial charge in [0.15, 0.2) is 5.11 Å². The minimum atomic E-state index is -3.49. The Morgan fingerprint density at radius 2 is 1.62 bits per heavy atom. The van der Waals surface area contributed by atoms with Crippen LogP contribution in [0.2, 0.25) is 0 Å². The number of amides is 1. The normalized spacial score (nSPS) is 11.3. The zero-order valence-electron chi connectivity index (χ0n) is 14.3. The summed E-state index contributed by atoms with van der Waals surface area (Å²) in [5.74, 6) is -0.179. The SMILES string of the molecule is CCCN(CCC)S(=O)(=O)c1ccc(NC(=S)NC(=O)CC)cc1. The number of nitrogens with one attached hydrogen (secondary N) is 2. The molecule has 8 heteroatoms. The quantitative estimate of drug-likeness (QED) is 0.687. The molecule has 1 aromatic carbocycles. The highest BCUT2D eigenvalue weighted by molar-refractivity contribution is 7.89. The van der Waals surface area contributed by atoms with E-state index in [1.807, 2.05) is 13.8 Å². The molecule has 0 aliphatic carbocycles. The van der Waals surface area contributed by atoms with Crippen molar-refractivity contribution in [2.45, 2.75) is 44.9 Å². The van der Waals surface area contributed by atoms with Gasteiger partial charge in [0.25, 0.3) is 0 Å². The van der Waals surface area contributed by atoms with Crippen molar-refractivity contribution in [1.82, 2.24) is 9.62 Å². The van der Waals surface area contributed by atoms with E-state index in [0.717, 1.165) is 12.8 Å². The molecule has 0 aliphatic rings. The van der Waals surface area contributed by atoms with Crippen LogP contribution in [0.25, 0.3) is 0 Å². The van der Waals surface area contributed by atoms with Crippen LogP contribution in [0.4, 0.5) is 5.69 Å². The van der Waals surface area contributed by atoms with E-state index in [9.17, 15) is 13.2 Å². The molecular formula is C16H25N3O3S2. The second-order valence-electron chi connectivity index (χ2n) is 5.28. The van der Waals surface area contributed by atoms with Gasteiger partial charge in [-0.3, -0.25) is 4.79 Å². The molecule has 6 nitrogen and oxygen atoms in total. The molecule has 0 aromatic heterocycles. The highest BCUT2D eigenvalue weighted by Gasteiger charge is 2.22. The van der Waals surface area contributed by atoms with Gasteiger partial charge >= 0.3 is 0 Å². The van der Waals surface area contributed by atoms with Crippen LogP contribution in [0.5, 0.6) is 0 Å². The van der Waals surface area contributed by atoms with Crippen molar-refractivity contribution >= 4 is 38.9 Å². The van der Waals surface area contributed by atoms with Crippen molar-refractivity contribution in [1.29, 1.82) is 0 Å². The maximum Gasteiger partial charge on any atom is 0.243 e. The molecule has 0 radical (unpaired) electrons. The topological polar surface area (TPSA) is 78.5 Å². The fourth-order valence-corrected chi connectivity index (χ4v) is 3.94. The Hall–Kier alpha value is -1.51. The Morgan fingerprint density at radius 3 is 2.08 bits per heavy atom. The van der Waals surface area contributed by atoms with E-state index in [-0.39, 0.29) is 15.9 Å². The van der Waals surface area contributed by atoms with Gasteiger partial charge < -0.3 is 10.6 Å². The number of hydrogen-bond acceptors (Lipinski definition) is 4. The average molecular weight is 372 g/mol. The Bertz CT molecular complexity index is 652. The van der Waals surface area contributed by atoms with E-state index in [4.69, 9.17) is 12.2 Å². The number of carbonyl (C=O) groups excluding carboxylic acids is 1. The highest BCUT2D eigenvalue weighted by atomic mass is 32.2. The molecule has 0 unspecified atom stereocenters. The number of benzene rings is 1. The molecule has 0 heterocycles. The molecule has 2 N–H and O–H groups in total. The van der Waals surface area contributed by atoms with E-state index < -0.39 is 10.0 Å². The lowest BCUT2D eigenvalue weighted by Crippen LogP contribution is -2.33. The number of rotatable bonds is 8. The largest absolute Gasteiger partial charge is 0.332 e. The number of sulfonamides is 1. The van der Waals surface area contributed by atoms with Crippen molar-refractivity contribution in [3.05, 3.63) is 24.3 Å². The standard InChI is InChI=1S/C16H25N3O3S2/c1-4-11-19(12-5-2)24(21,22)14-9-7-13(8-10-14)17-16(23)18-15(20)6-3/h7-10H,4-6,11-12H2,1-3H3,(H2,17,18,20,23). The lowest BCUT2D eigenvalue weighted by Gasteiger charge is -2.21. The molecule has 0 bridgehead atoms.